The van der Waals surface area contributed by atoms with Crippen molar-refractivity contribution in [2.24, 2.45) is 4.40 Å². The van der Waals surface area contributed by atoms with Crippen molar-refractivity contribution >= 4 is 18.2 Å². The van der Waals surface area contributed by atoms with E-state index in [1.54, 1.807) is 6.21 Å². The summed E-state index contributed by atoms with van der Waals surface area (Å²) in [7, 11) is 1.90. The van der Waals surface area contributed by atoms with E-state index in [1.807, 2.05) is 14.0 Å². The molecule has 0 bridgehead atoms. The van der Waals surface area contributed by atoms with Crippen LogP contribution in [0.2, 0.25) is 0 Å². The summed E-state index contributed by atoms with van der Waals surface area (Å²) in [6.07, 6.45) is 1.78. The van der Waals surface area contributed by atoms with Crippen molar-refractivity contribution in [1.82, 2.24) is 5.32 Å². The van der Waals surface area contributed by atoms with E-state index in [9.17, 15) is 0 Å². The minimum atomic E-state index is 0.893. The third-order valence-electron chi connectivity index (χ3n) is 0.389. The van der Waals surface area contributed by atoms with Crippen LogP contribution in [0.3, 0.4) is 0 Å². The lowest BCUT2D eigenvalue weighted by Crippen LogP contribution is -2.01. The molecular weight excluding hydrogens is 108 g/mol. The Morgan fingerprint density at radius 1 is 1.86 bits per heavy atom. The Kier molecular flexibility index (Phi) is 5.96. The zero-order valence-electron chi connectivity index (χ0n) is 4.64. The third-order valence-corrected chi connectivity index (χ3v) is 1.17. The lowest BCUT2D eigenvalue weighted by atomic mass is 10.9. The van der Waals surface area contributed by atoms with Crippen molar-refractivity contribution in [1.29, 1.82) is 0 Å². The molecule has 42 valence electrons. The van der Waals surface area contributed by atoms with Gasteiger partial charge in [0.25, 0.3) is 0 Å². The second kappa shape index (κ2) is 5.98. The summed E-state index contributed by atoms with van der Waals surface area (Å²) in [5, 5.41) is 2.95. The van der Waals surface area contributed by atoms with Crippen molar-refractivity contribution in [3.05, 3.63) is 0 Å². The lowest BCUT2D eigenvalue weighted by Gasteiger charge is -1.86. The smallest absolute Gasteiger partial charge is 0.0638 e. The van der Waals surface area contributed by atoms with Gasteiger partial charge >= 0.3 is 0 Å². The Hall–Kier alpha value is -0.0200. The normalized spacial score (nSPS) is 10.6. The fourth-order valence-electron chi connectivity index (χ4n) is 0.176. The molecule has 0 aromatic carbocycles. The first-order chi connectivity index (χ1) is 3.41. The van der Waals surface area contributed by atoms with Crippen molar-refractivity contribution in [2.75, 3.05) is 12.9 Å². The van der Waals surface area contributed by atoms with Gasteiger partial charge in [-0.15, -0.1) is 0 Å². The summed E-state index contributed by atoms with van der Waals surface area (Å²) in [5.41, 5.74) is 0. The second-order valence-electron chi connectivity index (χ2n) is 0.991. The molecule has 0 amide bonds. The highest BCUT2D eigenvalue weighted by atomic mass is 32.2. The Morgan fingerprint density at radius 3 is 3.00 bits per heavy atom. The lowest BCUT2D eigenvalue weighted by molar-refractivity contribution is 0.983. The number of nitrogens with one attached hydrogen (secondary N) is 1. The van der Waals surface area contributed by atoms with Gasteiger partial charge in [0, 0.05) is 6.21 Å². The van der Waals surface area contributed by atoms with E-state index < -0.39 is 0 Å². The molecule has 0 saturated heterocycles. The molecule has 0 atom stereocenters. The van der Waals surface area contributed by atoms with Crippen LogP contribution in [0.5, 0.6) is 0 Å². The molecule has 0 aliphatic heterocycles. The average molecular weight is 118 g/mol. The predicted molar refractivity (Wildman–Crippen MR) is 35.7 cm³/mol. The summed E-state index contributed by atoms with van der Waals surface area (Å²) >= 11 is 1.51. The Morgan fingerprint density at radius 2 is 2.57 bits per heavy atom. The topological polar surface area (TPSA) is 24.4 Å². The van der Waals surface area contributed by atoms with Crippen LogP contribution in [0.25, 0.3) is 0 Å². The first-order valence-electron chi connectivity index (χ1n) is 2.16. The van der Waals surface area contributed by atoms with Gasteiger partial charge in [-0.25, -0.2) is 4.40 Å². The molecule has 0 unspecified atom stereocenters. The molecule has 2 nitrogen and oxygen atoms in total. The summed E-state index contributed by atoms with van der Waals surface area (Å²) in [6.45, 7) is 1.91. The van der Waals surface area contributed by atoms with Crippen LogP contribution in [0.4, 0.5) is 0 Å². The molecule has 1 N–H and O–H groups in total. The van der Waals surface area contributed by atoms with Crippen LogP contribution in [0.15, 0.2) is 4.40 Å². The molecule has 0 heterocycles. The maximum Gasteiger partial charge on any atom is 0.0638 e. The van der Waals surface area contributed by atoms with Gasteiger partial charge in [-0.3, -0.25) is 0 Å². The van der Waals surface area contributed by atoms with E-state index in [0.29, 0.717) is 0 Å². The Bertz CT molecular complexity index is 53.7. The highest BCUT2D eigenvalue weighted by Gasteiger charge is 1.71. The number of rotatable bonds is 3. The van der Waals surface area contributed by atoms with E-state index in [-0.39, 0.29) is 0 Å². The van der Waals surface area contributed by atoms with Crippen molar-refractivity contribution in [2.45, 2.75) is 6.92 Å². The largest absolute Gasteiger partial charge is 0.309 e. The SMILES string of the molecule is CC=NSCNC. The Labute approximate surface area is 48.5 Å². The van der Waals surface area contributed by atoms with E-state index in [1.165, 1.54) is 11.9 Å². The van der Waals surface area contributed by atoms with Gasteiger partial charge in [0.15, 0.2) is 0 Å². The fourth-order valence-corrected chi connectivity index (χ4v) is 0.529. The molecule has 0 aromatic heterocycles. The zero-order valence-corrected chi connectivity index (χ0v) is 5.46. The van der Waals surface area contributed by atoms with Crippen molar-refractivity contribution < 1.29 is 0 Å². The maximum atomic E-state index is 3.89. The molecule has 3 heteroatoms. The van der Waals surface area contributed by atoms with Crippen LogP contribution in [-0.2, 0) is 0 Å². The summed E-state index contributed by atoms with van der Waals surface area (Å²) in [4.78, 5) is 0. The van der Waals surface area contributed by atoms with Crippen molar-refractivity contribution in [3.8, 4) is 0 Å². The van der Waals surface area contributed by atoms with Crippen LogP contribution >= 0.6 is 11.9 Å². The molecule has 0 spiro atoms. The molecule has 0 fully saturated rings. The third kappa shape index (κ3) is 5.98. The molecule has 0 saturated carbocycles. The number of nitrogens with zero attached hydrogens (tertiary/aromatic N) is 1. The Balaban J connectivity index is 2.69. The van der Waals surface area contributed by atoms with Crippen LogP contribution in [0, 0.1) is 0 Å². The number of hydrogen-bond acceptors (Lipinski definition) is 3. The van der Waals surface area contributed by atoms with Gasteiger partial charge in [0.05, 0.1) is 5.88 Å². The first-order valence-corrected chi connectivity index (χ1v) is 3.10. The van der Waals surface area contributed by atoms with E-state index in [0.717, 1.165) is 5.88 Å². The van der Waals surface area contributed by atoms with Gasteiger partial charge < -0.3 is 5.32 Å². The van der Waals surface area contributed by atoms with Gasteiger partial charge in [-0.1, -0.05) is 0 Å². The fraction of sp³-hybridized carbons (Fsp3) is 0.750. The average Bonchev–Trinajstić information content (AvgIpc) is 1.69. The minimum absolute atomic E-state index is 0.893. The van der Waals surface area contributed by atoms with Gasteiger partial charge in [-0.2, -0.15) is 0 Å². The maximum absolute atomic E-state index is 3.89. The molecule has 0 rings (SSSR count). The highest BCUT2D eigenvalue weighted by molar-refractivity contribution is 7.98. The van der Waals surface area contributed by atoms with Gasteiger partial charge in [0.2, 0.25) is 0 Å². The minimum Gasteiger partial charge on any atom is -0.309 e. The molecule has 0 aliphatic carbocycles. The van der Waals surface area contributed by atoms with E-state index in [2.05, 4.69) is 9.71 Å². The summed E-state index contributed by atoms with van der Waals surface area (Å²) in [6, 6.07) is 0. The molecule has 7 heavy (non-hydrogen) atoms. The molecule has 0 aromatic rings. The zero-order chi connectivity index (χ0) is 5.54. The van der Waals surface area contributed by atoms with E-state index in [4.69, 9.17) is 0 Å². The van der Waals surface area contributed by atoms with Crippen LogP contribution in [-0.4, -0.2) is 19.1 Å². The molecule has 0 aliphatic rings. The van der Waals surface area contributed by atoms with Gasteiger partial charge in [0.1, 0.15) is 0 Å². The van der Waals surface area contributed by atoms with Crippen molar-refractivity contribution in [3.63, 3.8) is 0 Å². The van der Waals surface area contributed by atoms with Crippen LogP contribution in [0.1, 0.15) is 6.92 Å². The monoisotopic (exact) mass is 118 g/mol. The van der Waals surface area contributed by atoms with E-state index >= 15 is 0 Å². The highest BCUT2D eigenvalue weighted by Crippen LogP contribution is 1.94. The summed E-state index contributed by atoms with van der Waals surface area (Å²) in [5.74, 6) is 0.893. The van der Waals surface area contributed by atoms with Gasteiger partial charge in [-0.05, 0) is 25.9 Å². The number of hydrogen-bond donors (Lipinski definition) is 1. The second-order valence-corrected chi connectivity index (χ2v) is 1.75. The standard InChI is InChI=1S/C4H10N2S/c1-3-6-7-4-5-2/h3,5H,4H2,1-2H3. The predicted octanol–water partition coefficient (Wildman–Crippen LogP) is 0.902. The molecule has 0 radical (unpaired) electrons. The summed E-state index contributed by atoms with van der Waals surface area (Å²) < 4.78 is 3.89. The molecular formula is C4H10N2S. The quantitative estimate of drug-likeness (QED) is 0.258. The van der Waals surface area contributed by atoms with Crippen LogP contribution < -0.4 is 5.32 Å². The first kappa shape index (κ1) is 6.98.